The van der Waals surface area contributed by atoms with Gasteiger partial charge in [-0.3, -0.25) is 4.79 Å². The second kappa shape index (κ2) is 9.41. The first-order valence-corrected chi connectivity index (χ1v) is 8.96. The van der Waals surface area contributed by atoms with Gasteiger partial charge < -0.3 is 19.5 Å². The van der Waals surface area contributed by atoms with Crippen molar-refractivity contribution in [2.24, 2.45) is 0 Å². The lowest BCUT2D eigenvalue weighted by molar-refractivity contribution is -0.119. The van der Waals surface area contributed by atoms with Gasteiger partial charge in [0, 0.05) is 5.69 Å². The van der Waals surface area contributed by atoms with Crippen molar-refractivity contribution in [2.75, 3.05) is 26.1 Å². The van der Waals surface area contributed by atoms with Crippen LogP contribution in [0.5, 0.6) is 11.5 Å². The second-order valence-electron chi connectivity index (χ2n) is 6.11. The average Bonchev–Trinajstić information content (AvgIpc) is 2.78. The van der Waals surface area contributed by atoms with Crippen LogP contribution in [0.25, 0.3) is 11.1 Å². The number of methoxy groups -OCH3 is 2. The fourth-order valence-corrected chi connectivity index (χ4v) is 2.83. The summed E-state index contributed by atoms with van der Waals surface area (Å²) in [4.78, 5) is 24.6. The van der Waals surface area contributed by atoms with Gasteiger partial charge in [0.2, 0.25) is 0 Å². The van der Waals surface area contributed by atoms with Gasteiger partial charge in [0.1, 0.15) is 17.1 Å². The molecule has 0 atom stereocenters. The largest absolute Gasteiger partial charge is 0.496 e. The minimum atomic E-state index is -0.700. The van der Waals surface area contributed by atoms with E-state index in [4.69, 9.17) is 14.2 Å². The summed E-state index contributed by atoms with van der Waals surface area (Å²) in [6.07, 6.45) is 0. The molecule has 0 saturated heterocycles. The molecule has 0 fully saturated rings. The van der Waals surface area contributed by atoms with Gasteiger partial charge in [-0.15, -0.1) is 0 Å². The molecule has 0 unspecified atom stereocenters. The standard InChI is InChI=1S/C23H21NO5/c1-27-19-9-6-10-20(28-2)22(19)23(26)29-15-21(25)24-18-13-11-17(12-14-18)16-7-4-3-5-8-16/h3-14H,15H2,1-2H3,(H,24,25). The Morgan fingerprint density at radius 2 is 1.34 bits per heavy atom. The van der Waals surface area contributed by atoms with E-state index in [0.29, 0.717) is 17.2 Å². The average molecular weight is 391 g/mol. The lowest BCUT2D eigenvalue weighted by Crippen LogP contribution is -2.21. The fraction of sp³-hybridized carbons (Fsp3) is 0.130. The van der Waals surface area contributed by atoms with Gasteiger partial charge in [-0.2, -0.15) is 0 Å². The number of anilines is 1. The molecule has 148 valence electrons. The number of esters is 1. The molecule has 1 amide bonds. The molecule has 3 aromatic carbocycles. The maximum atomic E-state index is 12.4. The van der Waals surface area contributed by atoms with Gasteiger partial charge in [-0.05, 0) is 35.4 Å². The van der Waals surface area contributed by atoms with Crippen molar-refractivity contribution in [3.05, 3.63) is 78.4 Å². The Kier molecular flexibility index (Phi) is 6.47. The van der Waals surface area contributed by atoms with Gasteiger partial charge in [-0.1, -0.05) is 48.5 Å². The van der Waals surface area contributed by atoms with Gasteiger partial charge in [0.15, 0.2) is 6.61 Å². The van der Waals surface area contributed by atoms with Crippen LogP contribution in [0.15, 0.2) is 72.8 Å². The molecule has 29 heavy (non-hydrogen) atoms. The summed E-state index contributed by atoms with van der Waals surface area (Å²) in [5, 5.41) is 2.71. The van der Waals surface area contributed by atoms with Crippen molar-refractivity contribution in [3.8, 4) is 22.6 Å². The Balaban J connectivity index is 1.60. The summed E-state index contributed by atoms with van der Waals surface area (Å²) >= 11 is 0. The van der Waals surface area contributed by atoms with E-state index in [1.54, 1.807) is 30.3 Å². The minimum absolute atomic E-state index is 0.137. The molecule has 0 aliphatic heterocycles. The first-order chi connectivity index (χ1) is 14.1. The summed E-state index contributed by atoms with van der Waals surface area (Å²) in [6.45, 7) is -0.430. The summed E-state index contributed by atoms with van der Waals surface area (Å²) < 4.78 is 15.5. The number of amides is 1. The minimum Gasteiger partial charge on any atom is -0.496 e. The topological polar surface area (TPSA) is 73.9 Å². The SMILES string of the molecule is COc1cccc(OC)c1C(=O)OCC(=O)Nc1ccc(-c2ccccc2)cc1. The molecule has 0 aliphatic carbocycles. The van der Waals surface area contributed by atoms with Crippen molar-refractivity contribution in [3.63, 3.8) is 0 Å². The van der Waals surface area contributed by atoms with Crippen molar-refractivity contribution >= 4 is 17.6 Å². The fourth-order valence-electron chi connectivity index (χ4n) is 2.83. The predicted molar refractivity (Wildman–Crippen MR) is 110 cm³/mol. The summed E-state index contributed by atoms with van der Waals surface area (Å²) in [6, 6.07) is 22.3. The van der Waals surface area contributed by atoms with Crippen molar-refractivity contribution in [2.45, 2.75) is 0 Å². The molecule has 1 N–H and O–H groups in total. The normalized spacial score (nSPS) is 10.1. The van der Waals surface area contributed by atoms with Crippen LogP contribution in [-0.2, 0) is 9.53 Å². The Morgan fingerprint density at radius 3 is 1.93 bits per heavy atom. The first kappa shape index (κ1) is 19.9. The van der Waals surface area contributed by atoms with Gasteiger partial charge in [-0.25, -0.2) is 4.79 Å². The van der Waals surface area contributed by atoms with E-state index in [-0.39, 0.29) is 5.56 Å². The van der Waals surface area contributed by atoms with Crippen LogP contribution in [0.4, 0.5) is 5.69 Å². The molecule has 0 saturated carbocycles. The van der Waals surface area contributed by atoms with Crippen LogP contribution >= 0.6 is 0 Å². The van der Waals surface area contributed by atoms with Gasteiger partial charge in [0.05, 0.1) is 14.2 Å². The maximum absolute atomic E-state index is 12.4. The molecule has 3 aromatic rings. The highest BCUT2D eigenvalue weighted by molar-refractivity contribution is 5.98. The number of benzene rings is 3. The number of rotatable bonds is 7. The van der Waals surface area contributed by atoms with E-state index in [1.807, 2.05) is 42.5 Å². The highest BCUT2D eigenvalue weighted by Crippen LogP contribution is 2.29. The third-order valence-corrected chi connectivity index (χ3v) is 4.24. The zero-order valence-corrected chi connectivity index (χ0v) is 16.2. The molecular formula is C23H21NO5. The lowest BCUT2D eigenvalue weighted by atomic mass is 10.1. The van der Waals surface area contributed by atoms with Crippen molar-refractivity contribution in [1.82, 2.24) is 0 Å². The van der Waals surface area contributed by atoms with E-state index >= 15 is 0 Å². The van der Waals surface area contributed by atoms with E-state index in [9.17, 15) is 9.59 Å². The second-order valence-corrected chi connectivity index (χ2v) is 6.11. The van der Waals surface area contributed by atoms with Crippen LogP contribution in [0.1, 0.15) is 10.4 Å². The van der Waals surface area contributed by atoms with Gasteiger partial charge in [0.25, 0.3) is 5.91 Å². The Labute approximate surface area is 169 Å². The third-order valence-electron chi connectivity index (χ3n) is 4.24. The number of hydrogen-bond donors (Lipinski definition) is 1. The summed E-state index contributed by atoms with van der Waals surface area (Å²) in [5.41, 5.74) is 2.88. The quantitative estimate of drug-likeness (QED) is 0.612. The number of carbonyl (C=O) groups is 2. The van der Waals surface area contributed by atoms with Gasteiger partial charge >= 0.3 is 5.97 Å². The summed E-state index contributed by atoms with van der Waals surface area (Å²) in [5.74, 6) is -0.522. The monoisotopic (exact) mass is 391 g/mol. The zero-order chi connectivity index (χ0) is 20.6. The number of hydrogen-bond acceptors (Lipinski definition) is 5. The maximum Gasteiger partial charge on any atom is 0.346 e. The lowest BCUT2D eigenvalue weighted by Gasteiger charge is -2.12. The van der Waals surface area contributed by atoms with E-state index in [2.05, 4.69) is 5.32 Å². The predicted octanol–water partition coefficient (Wildman–Crippen LogP) is 4.17. The Morgan fingerprint density at radius 1 is 0.759 bits per heavy atom. The molecule has 6 nitrogen and oxygen atoms in total. The first-order valence-electron chi connectivity index (χ1n) is 8.96. The highest BCUT2D eigenvalue weighted by atomic mass is 16.5. The van der Waals surface area contributed by atoms with Crippen LogP contribution < -0.4 is 14.8 Å². The molecule has 6 heteroatoms. The van der Waals surface area contributed by atoms with Crippen molar-refractivity contribution < 1.29 is 23.8 Å². The molecule has 3 rings (SSSR count). The Bertz CT molecular complexity index is 962. The van der Waals surface area contributed by atoms with Crippen LogP contribution in [0.3, 0.4) is 0 Å². The Hall–Kier alpha value is -3.80. The molecule has 0 spiro atoms. The molecule has 0 heterocycles. The van der Waals surface area contributed by atoms with E-state index < -0.39 is 18.5 Å². The smallest absolute Gasteiger partial charge is 0.346 e. The number of nitrogens with one attached hydrogen (secondary N) is 1. The molecule has 0 bridgehead atoms. The molecule has 0 aromatic heterocycles. The van der Waals surface area contributed by atoms with Crippen molar-refractivity contribution in [1.29, 1.82) is 0 Å². The molecule has 0 radical (unpaired) electrons. The van der Waals surface area contributed by atoms with Crippen LogP contribution in [0, 0.1) is 0 Å². The van der Waals surface area contributed by atoms with Crippen LogP contribution in [0.2, 0.25) is 0 Å². The van der Waals surface area contributed by atoms with Crippen LogP contribution in [-0.4, -0.2) is 32.7 Å². The zero-order valence-electron chi connectivity index (χ0n) is 16.2. The van der Waals surface area contributed by atoms with E-state index in [1.165, 1.54) is 14.2 Å². The van der Waals surface area contributed by atoms with E-state index in [0.717, 1.165) is 11.1 Å². The number of carbonyl (C=O) groups excluding carboxylic acids is 2. The summed E-state index contributed by atoms with van der Waals surface area (Å²) in [7, 11) is 2.88. The molecular weight excluding hydrogens is 370 g/mol. The highest BCUT2D eigenvalue weighted by Gasteiger charge is 2.20. The molecule has 0 aliphatic rings. The number of ether oxygens (including phenoxy) is 3. The third kappa shape index (κ3) is 4.93.